The van der Waals surface area contributed by atoms with Crippen LogP contribution in [0.2, 0.25) is 0 Å². The summed E-state index contributed by atoms with van der Waals surface area (Å²) in [6, 6.07) is 6.01. The van der Waals surface area contributed by atoms with E-state index in [2.05, 4.69) is 30.8 Å². The zero-order chi connectivity index (χ0) is 32.1. The lowest BCUT2D eigenvalue weighted by molar-refractivity contribution is -0.131. The lowest BCUT2D eigenvalue weighted by atomic mass is 9.96. The minimum atomic E-state index is -0.927. The Bertz CT molecular complexity index is 2110. The molecule has 2 fully saturated rings. The molecule has 2 atom stereocenters. The van der Waals surface area contributed by atoms with Gasteiger partial charge in [0.05, 0.1) is 35.8 Å². The fraction of sp³-hybridized carbons (Fsp3) is 0.212. The van der Waals surface area contributed by atoms with E-state index in [4.69, 9.17) is 11.2 Å². The molecule has 0 aliphatic carbocycles. The summed E-state index contributed by atoms with van der Waals surface area (Å²) in [7, 11) is 1.35. The van der Waals surface area contributed by atoms with E-state index in [1.807, 2.05) is 4.90 Å². The van der Waals surface area contributed by atoms with Gasteiger partial charge >= 0.3 is 6.01 Å². The molecule has 0 saturated carbocycles. The van der Waals surface area contributed by atoms with E-state index in [0.717, 1.165) is 6.08 Å². The van der Waals surface area contributed by atoms with Gasteiger partial charge in [0.2, 0.25) is 0 Å². The van der Waals surface area contributed by atoms with Crippen molar-refractivity contribution in [2.45, 2.75) is 24.9 Å². The zero-order valence-electron chi connectivity index (χ0n) is 24.3. The van der Waals surface area contributed by atoms with Gasteiger partial charge in [-0.3, -0.25) is 9.78 Å². The van der Waals surface area contributed by atoms with Gasteiger partial charge in [0.15, 0.2) is 11.6 Å². The topological polar surface area (TPSA) is 117 Å². The monoisotopic (exact) mass is 623 g/mol. The molecule has 2 unspecified atom stereocenters. The van der Waals surface area contributed by atoms with Crippen molar-refractivity contribution in [3.8, 4) is 35.4 Å². The van der Waals surface area contributed by atoms with Crippen LogP contribution in [-0.2, 0) is 4.79 Å². The number of amides is 1. The van der Waals surface area contributed by atoms with Crippen molar-refractivity contribution in [3.63, 3.8) is 0 Å². The number of halogens is 3. The van der Waals surface area contributed by atoms with Gasteiger partial charge in [-0.2, -0.15) is 9.97 Å². The number of phenolic OH excluding ortho intramolecular Hbond substituents is 1. The van der Waals surface area contributed by atoms with E-state index in [1.54, 1.807) is 4.90 Å². The molecule has 2 aliphatic heterocycles. The summed E-state index contributed by atoms with van der Waals surface area (Å²) in [6.45, 7) is 0.591. The van der Waals surface area contributed by atoms with Gasteiger partial charge in [0.25, 0.3) is 5.91 Å². The standard InChI is InChI=1S/C33H24F3N7O3/c1-3-22-25(34)7-4-17-10-21(44)12-23(27(17)22)29-28(36)30-24(13-38-29)31(41-33(40-30)46-2)42-14-19-5-6-20(15-42)43(19)32(45)26(35)11-18-8-9-37-16-39-18/h1,4,7-13,16,19-20,44H,5-6,14-15H2,2H3/b26-11-. The number of benzene rings is 2. The van der Waals surface area contributed by atoms with Crippen LogP contribution >= 0.6 is 0 Å². The average Bonchev–Trinajstić information content (AvgIpc) is 3.32. The number of nitrogens with zero attached hydrogens (tertiary/aromatic N) is 7. The number of piperazine rings is 1. The Hall–Kier alpha value is -5.77. The van der Waals surface area contributed by atoms with Crippen molar-refractivity contribution >= 4 is 39.5 Å². The first-order valence-corrected chi connectivity index (χ1v) is 14.3. The Balaban J connectivity index is 1.28. The van der Waals surface area contributed by atoms with Gasteiger partial charge in [-0.25, -0.2) is 23.1 Å². The molecular formula is C33H24F3N7O3. The van der Waals surface area contributed by atoms with Crippen molar-refractivity contribution in [2.75, 3.05) is 25.1 Å². The number of phenols is 1. The van der Waals surface area contributed by atoms with Crippen LogP contribution in [0.15, 0.2) is 54.9 Å². The van der Waals surface area contributed by atoms with Crippen LogP contribution < -0.4 is 9.64 Å². The number of fused-ring (bicyclic) bond motifs is 4. The minimum absolute atomic E-state index is 0.0863. The summed E-state index contributed by atoms with van der Waals surface area (Å²) in [5.74, 6) is -0.722. The van der Waals surface area contributed by atoms with Gasteiger partial charge in [-0.1, -0.05) is 12.0 Å². The Morgan fingerprint density at radius 1 is 1.13 bits per heavy atom. The summed E-state index contributed by atoms with van der Waals surface area (Å²) in [5, 5.41) is 11.3. The van der Waals surface area contributed by atoms with E-state index in [1.165, 1.54) is 56.2 Å². The van der Waals surface area contributed by atoms with Crippen LogP contribution in [0.1, 0.15) is 24.1 Å². The van der Waals surface area contributed by atoms with Crippen LogP contribution in [0.3, 0.4) is 0 Å². The SMILES string of the molecule is C#Cc1c(F)ccc2cc(O)cc(-c3ncc4c(N5CC6CCC(C5)N6C(=O)/C(F)=C/c5ccncn5)nc(OC)nc4c3F)c12. The summed E-state index contributed by atoms with van der Waals surface area (Å²) < 4.78 is 51.5. The lowest BCUT2D eigenvalue weighted by Crippen LogP contribution is -2.56. The van der Waals surface area contributed by atoms with Gasteiger partial charge in [-0.05, 0) is 42.5 Å². The molecule has 5 aromatic rings. The van der Waals surface area contributed by atoms with Crippen molar-refractivity contribution < 1.29 is 27.8 Å². The van der Waals surface area contributed by atoms with Gasteiger partial charge < -0.3 is 19.6 Å². The predicted molar refractivity (Wildman–Crippen MR) is 163 cm³/mol. The molecule has 5 heterocycles. The maximum Gasteiger partial charge on any atom is 0.318 e. The number of hydrogen-bond donors (Lipinski definition) is 1. The highest BCUT2D eigenvalue weighted by atomic mass is 19.1. The second kappa shape index (κ2) is 11.3. The largest absolute Gasteiger partial charge is 0.508 e. The highest BCUT2D eigenvalue weighted by molar-refractivity contribution is 6.03. The third kappa shape index (κ3) is 4.79. The molecule has 7 rings (SSSR count). The molecule has 2 saturated heterocycles. The number of terminal acetylenes is 1. The van der Waals surface area contributed by atoms with E-state index < -0.39 is 23.4 Å². The molecule has 2 aliphatic rings. The van der Waals surface area contributed by atoms with E-state index in [-0.39, 0.29) is 62.6 Å². The van der Waals surface area contributed by atoms with E-state index >= 15 is 8.78 Å². The number of anilines is 1. The average molecular weight is 624 g/mol. The molecule has 0 radical (unpaired) electrons. The van der Waals surface area contributed by atoms with Gasteiger partial charge in [-0.15, -0.1) is 6.42 Å². The number of pyridine rings is 1. The molecule has 0 spiro atoms. The predicted octanol–water partition coefficient (Wildman–Crippen LogP) is 4.80. The number of carbonyl (C=O) groups excluding carboxylic acids is 1. The minimum Gasteiger partial charge on any atom is -0.508 e. The van der Waals surface area contributed by atoms with Crippen LogP contribution in [0.4, 0.5) is 19.0 Å². The molecule has 10 nitrogen and oxygen atoms in total. The quantitative estimate of drug-likeness (QED) is 0.218. The molecule has 2 bridgehead atoms. The Morgan fingerprint density at radius 2 is 1.91 bits per heavy atom. The molecule has 230 valence electrons. The molecule has 3 aromatic heterocycles. The van der Waals surface area contributed by atoms with Crippen LogP contribution in [-0.4, -0.2) is 73.1 Å². The fourth-order valence-electron chi connectivity index (χ4n) is 6.40. The number of aromatic nitrogens is 5. The summed E-state index contributed by atoms with van der Waals surface area (Å²) >= 11 is 0. The van der Waals surface area contributed by atoms with E-state index in [0.29, 0.717) is 37.1 Å². The highest BCUT2D eigenvalue weighted by Crippen LogP contribution is 2.40. The highest BCUT2D eigenvalue weighted by Gasteiger charge is 2.44. The first kappa shape index (κ1) is 29.0. The normalized spacial score (nSPS) is 17.8. The second-order valence-electron chi connectivity index (χ2n) is 11.0. The van der Waals surface area contributed by atoms with Crippen LogP contribution in [0.5, 0.6) is 11.8 Å². The molecule has 2 aromatic carbocycles. The number of carbonyl (C=O) groups is 1. The Morgan fingerprint density at radius 3 is 2.61 bits per heavy atom. The summed E-state index contributed by atoms with van der Waals surface area (Å²) in [4.78, 5) is 37.6. The maximum atomic E-state index is 16.5. The third-order valence-corrected chi connectivity index (χ3v) is 8.38. The zero-order valence-corrected chi connectivity index (χ0v) is 24.3. The number of hydrogen-bond acceptors (Lipinski definition) is 9. The van der Waals surface area contributed by atoms with Crippen molar-refractivity contribution in [1.82, 2.24) is 29.8 Å². The lowest BCUT2D eigenvalue weighted by Gasteiger charge is -2.41. The van der Waals surface area contributed by atoms with E-state index in [9.17, 15) is 14.3 Å². The first-order chi connectivity index (χ1) is 22.3. The molecule has 13 heteroatoms. The first-order valence-electron chi connectivity index (χ1n) is 14.3. The van der Waals surface area contributed by atoms with Crippen molar-refractivity contribution in [1.29, 1.82) is 0 Å². The second-order valence-corrected chi connectivity index (χ2v) is 11.0. The Kier molecular flexibility index (Phi) is 7.12. The molecular weight excluding hydrogens is 599 g/mol. The third-order valence-electron chi connectivity index (χ3n) is 8.38. The smallest absolute Gasteiger partial charge is 0.318 e. The summed E-state index contributed by atoms with van der Waals surface area (Å²) in [5.41, 5.74) is -0.0564. The van der Waals surface area contributed by atoms with Gasteiger partial charge in [0.1, 0.15) is 34.9 Å². The number of aromatic hydroxyl groups is 1. The maximum absolute atomic E-state index is 16.5. The Labute approximate surface area is 260 Å². The molecule has 1 N–H and O–H groups in total. The fourth-order valence-corrected chi connectivity index (χ4v) is 6.40. The molecule has 1 amide bonds. The number of ether oxygens (including phenoxy) is 1. The van der Waals surface area contributed by atoms with Crippen molar-refractivity contribution in [3.05, 3.63) is 77.8 Å². The number of rotatable bonds is 5. The summed E-state index contributed by atoms with van der Waals surface area (Å²) in [6.07, 6.45) is 12.1. The molecule has 46 heavy (non-hydrogen) atoms. The van der Waals surface area contributed by atoms with Crippen LogP contribution in [0, 0.1) is 24.0 Å². The van der Waals surface area contributed by atoms with Crippen LogP contribution in [0.25, 0.3) is 39.0 Å². The van der Waals surface area contributed by atoms with Crippen molar-refractivity contribution in [2.24, 2.45) is 0 Å². The number of methoxy groups -OCH3 is 1. The van der Waals surface area contributed by atoms with Gasteiger partial charge in [0, 0.05) is 42.5 Å².